The van der Waals surface area contributed by atoms with Crippen LogP contribution >= 0.6 is 0 Å². The lowest BCUT2D eigenvalue weighted by atomic mass is 10.4. The van der Waals surface area contributed by atoms with Crippen LogP contribution in [0.25, 0.3) is 0 Å². The molecule has 0 bridgehead atoms. The van der Waals surface area contributed by atoms with E-state index in [0.717, 1.165) is 12.8 Å². The molecule has 1 N–H and O–H groups in total. The van der Waals surface area contributed by atoms with E-state index in [1.807, 2.05) is 6.92 Å². The molecule has 1 heterocycles. The van der Waals surface area contributed by atoms with E-state index in [1.165, 1.54) is 6.20 Å². The van der Waals surface area contributed by atoms with Crippen LogP contribution in [0.5, 0.6) is 0 Å². The standard InChI is InChI=1S/C10H15N3O2/c1-3-4-7-15-10(14)13-9-8(2)11-5-6-12-9/h5-6H,3-4,7H2,1-2H3,(H,12,13,14). The first-order valence-corrected chi connectivity index (χ1v) is 4.95. The molecule has 0 saturated carbocycles. The number of anilines is 1. The van der Waals surface area contributed by atoms with Crippen LogP contribution in [0.4, 0.5) is 10.6 Å². The van der Waals surface area contributed by atoms with Gasteiger partial charge in [0.25, 0.3) is 0 Å². The minimum atomic E-state index is -0.480. The van der Waals surface area contributed by atoms with Crippen LogP contribution in [0, 0.1) is 6.92 Å². The lowest BCUT2D eigenvalue weighted by molar-refractivity contribution is 0.159. The lowest BCUT2D eigenvalue weighted by Gasteiger charge is -2.06. The molecule has 1 aromatic heterocycles. The van der Waals surface area contributed by atoms with E-state index in [1.54, 1.807) is 13.1 Å². The van der Waals surface area contributed by atoms with E-state index in [0.29, 0.717) is 18.1 Å². The average molecular weight is 209 g/mol. The summed E-state index contributed by atoms with van der Waals surface area (Å²) in [6, 6.07) is 0. The molecule has 1 aromatic rings. The van der Waals surface area contributed by atoms with Gasteiger partial charge in [-0.3, -0.25) is 10.3 Å². The highest BCUT2D eigenvalue weighted by atomic mass is 16.5. The molecule has 0 saturated heterocycles. The number of rotatable bonds is 4. The van der Waals surface area contributed by atoms with Crippen LogP contribution in [-0.4, -0.2) is 22.7 Å². The molecule has 0 aliphatic carbocycles. The molecule has 0 fully saturated rings. The summed E-state index contributed by atoms with van der Waals surface area (Å²) in [5.74, 6) is 0.444. The highest BCUT2D eigenvalue weighted by Gasteiger charge is 2.06. The van der Waals surface area contributed by atoms with E-state index < -0.39 is 6.09 Å². The molecular weight excluding hydrogens is 194 g/mol. The van der Waals surface area contributed by atoms with Gasteiger partial charge in [0.1, 0.15) is 0 Å². The zero-order valence-corrected chi connectivity index (χ0v) is 8.99. The van der Waals surface area contributed by atoms with Crippen molar-refractivity contribution in [3.63, 3.8) is 0 Å². The quantitative estimate of drug-likeness (QED) is 0.771. The van der Waals surface area contributed by atoms with Gasteiger partial charge in [-0.1, -0.05) is 13.3 Å². The second kappa shape index (κ2) is 5.95. The number of hydrogen-bond acceptors (Lipinski definition) is 4. The molecule has 15 heavy (non-hydrogen) atoms. The molecule has 0 aromatic carbocycles. The summed E-state index contributed by atoms with van der Waals surface area (Å²) >= 11 is 0. The predicted molar refractivity (Wildman–Crippen MR) is 56.6 cm³/mol. The summed E-state index contributed by atoms with van der Waals surface area (Å²) < 4.78 is 4.92. The summed E-state index contributed by atoms with van der Waals surface area (Å²) in [7, 11) is 0. The number of ether oxygens (including phenoxy) is 1. The van der Waals surface area contributed by atoms with Gasteiger partial charge < -0.3 is 4.74 Å². The first-order chi connectivity index (χ1) is 7.24. The van der Waals surface area contributed by atoms with Crippen molar-refractivity contribution in [2.75, 3.05) is 11.9 Å². The number of amides is 1. The molecule has 5 heteroatoms. The monoisotopic (exact) mass is 209 g/mol. The number of aromatic nitrogens is 2. The Morgan fingerprint density at radius 2 is 2.20 bits per heavy atom. The van der Waals surface area contributed by atoms with E-state index in [-0.39, 0.29) is 0 Å². The summed E-state index contributed by atoms with van der Waals surface area (Å²) in [5.41, 5.74) is 0.671. The molecule has 82 valence electrons. The second-order valence-corrected chi connectivity index (χ2v) is 3.10. The van der Waals surface area contributed by atoms with Gasteiger partial charge in [0.2, 0.25) is 0 Å². The molecule has 1 rings (SSSR count). The number of unbranched alkanes of at least 4 members (excludes halogenated alkanes) is 1. The molecule has 1 amide bonds. The normalized spacial score (nSPS) is 9.73. The third kappa shape index (κ3) is 3.93. The SMILES string of the molecule is CCCCOC(=O)Nc1nccnc1C. The minimum Gasteiger partial charge on any atom is -0.449 e. The van der Waals surface area contributed by atoms with Gasteiger partial charge in [0.05, 0.1) is 12.3 Å². The largest absolute Gasteiger partial charge is 0.449 e. The van der Waals surface area contributed by atoms with Crippen molar-refractivity contribution >= 4 is 11.9 Å². The van der Waals surface area contributed by atoms with Crippen molar-refractivity contribution in [1.82, 2.24) is 9.97 Å². The predicted octanol–water partition coefficient (Wildman–Crippen LogP) is 2.13. The number of carbonyl (C=O) groups is 1. The third-order valence-corrected chi connectivity index (χ3v) is 1.83. The highest BCUT2D eigenvalue weighted by molar-refractivity contribution is 5.83. The Bertz CT molecular complexity index is 328. The number of nitrogens with one attached hydrogen (secondary N) is 1. The summed E-state index contributed by atoms with van der Waals surface area (Å²) in [4.78, 5) is 19.2. The van der Waals surface area contributed by atoms with Crippen molar-refractivity contribution in [2.45, 2.75) is 26.7 Å². The fourth-order valence-corrected chi connectivity index (χ4v) is 0.972. The van der Waals surface area contributed by atoms with E-state index in [9.17, 15) is 4.79 Å². The zero-order valence-electron chi connectivity index (χ0n) is 8.99. The lowest BCUT2D eigenvalue weighted by Crippen LogP contribution is -2.16. The fraction of sp³-hybridized carbons (Fsp3) is 0.500. The summed E-state index contributed by atoms with van der Waals surface area (Å²) in [6.45, 7) is 4.24. The Labute approximate surface area is 88.9 Å². The van der Waals surface area contributed by atoms with E-state index in [4.69, 9.17) is 4.74 Å². The first kappa shape index (κ1) is 11.4. The molecular formula is C10H15N3O2. The Balaban J connectivity index is 2.41. The topological polar surface area (TPSA) is 64.1 Å². The van der Waals surface area contributed by atoms with Gasteiger partial charge in [-0.05, 0) is 13.3 Å². The molecule has 0 atom stereocenters. The van der Waals surface area contributed by atoms with Crippen molar-refractivity contribution in [1.29, 1.82) is 0 Å². The molecule has 0 spiro atoms. The maximum atomic E-state index is 11.2. The highest BCUT2D eigenvalue weighted by Crippen LogP contribution is 2.06. The minimum absolute atomic E-state index is 0.432. The van der Waals surface area contributed by atoms with E-state index in [2.05, 4.69) is 15.3 Å². The van der Waals surface area contributed by atoms with E-state index >= 15 is 0 Å². The van der Waals surface area contributed by atoms with Crippen LogP contribution < -0.4 is 5.32 Å². The zero-order chi connectivity index (χ0) is 11.1. The molecule has 0 unspecified atom stereocenters. The Morgan fingerprint density at radius 3 is 2.87 bits per heavy atom. The number of carbonyl (C=O) groups excluding carboxylic acids is 1. The smallest absolute Gasteiger partial charge is 0.412 e. The molecule has 0 radical (unpaired) electrons. The van der Waals surface area contributed by atoms with Gasteiger partial charge in [-0.25, -0.2) is 9.78 Å². The Morgan fingerprint density at radius 1 is 1.47 bits per heavy atom. The molecule has 5 nitrogen and oxygen atoms in total. The van der Waals surface area contributed by atoms with Gasteiger partial charge >= 0.3 is 6.09 Å². The van der Waals surface area contributed by atoms with Crippen LogP contribution in [-0.2, 0) is 4.74 Å². The second-order valence-electron chi connectivity index (χ2n) is 3.10. The number of nitrogens with zero attached hydrogens (tertiary/aromatic N) is 2. The van der Waals surface area contributed by atoms with Crippen molar-refractivity contribution in [3.8, 4) is 0 Å². The fourth-order valence-electron chi connectivity index (χ4n) is 0.972. The number of hydrogen-bond donors (Lipinski definition) is 1. The van der Waals surface area contributed by atoms with Crippen molar-refractivity contribution in [3.05, 3.63) is 18.1 Å². The summed E-state index contributed by atoms with van der Waals surface area (Å²) in [6.07, 6.45) is 4.48. The van der Waals surface area contributed by atoms with Crippen molar-refractivity contribution < 1.29 is 9.53 Å². The van der Waals surface area contributed by atoms with Crippen molar-refractivity contribution in [2.24, 2.45) is 0 Å². The average Bonchev–Trinajstić information content (AvgIpc) is 2.22. The maximum Gasteiger partial charge on any atom is 0.412 e. The third-order valence-electron chi connectivity index (χ3n) is 1.83. The van der Waals surface area contributed by atoms with Crippen LogP contribution in [0.2, 0.25) is 0 Å². The van der Waals surface area contributed by atoms with Gasteiger partial charge in [0.15, 0.2) is 5.82 Å². The first-order valence-electron chi connectivity index (χ1n) is 4.95. The molecule has 0 aliphatic heterocycles. The van der Waals surface area contributed by atoms with Crippen LogP contribution in [0.3, 0.4) is 0 Å². The maximum absolute atomic E-state index is 11.2. The molecule has 0 aliphatic rings. The van der Waals surface area contributed by atoms with Gasteiger partial charge in [0, 0.05) is 12.4 Å². The van der Waals surface area contributed by atoms with Gasteiger partial charge in [-0.15, -0.1) is 0 Å². The number of aryl methyl sites for hydroxylation is 1. The van der Waals surface area contributed by atoms with Gasteiger partial charge in [-0.2, -0.15) is 0 Å². The Hall–Kier alpha value is -1.65. The van der Waals surface area contributed by atoms with Crippen LogP contribution in [0.1, 0.15) is 25.5 Å². The Kier molecular flexibility index (Phi) is 4.53. The van der Waals surface area contributed by atoms with Crippen LogP contribution in [0.15, 0.2) is 12.4 Å². The summed E-state index contributed by atoms with van der Waals surface area (Å²) in [5, 5.41) is 2.53.